The molecule has 0 aliphatic heterocycles. The second-order valence-electron chi connectivity index (χ2n) is 4.25. The first-order valence-electron chi connectivity index (χ1n) is 5.63. The summed E-state index contributed by atoms with van der Waals surface area (Å²) in [5.41, 5.74) is 6.12. The number of aryl methyl sites for hydroxylation is 1. The van der Waals surface area contributed by atoms with E-state index in [2.05, 4.69) is 26.2 Å². The lowest BCUT2D eigenvalue weighted by Crippen LogP contribution is -2.08. The molecule has 0 unspecified atom stereocenters. The fourth-order valence-electron chi connectivity index (χ4n) is 1.65. The van der Waals surface area contributed by atoms with Gasteiger partial charge in [0.2, 0.25) is 0 Å². The number of alkyl halides is 3. The molecule has 0 fully saturated rings. The molecular weight excluding hydrogens is 335 g/mol. The van der Waals surface area contributed by atoms with Gasteiger partial charge >= 0.3 is 6.18 Å². The third-order valence-corrected chi connectivity index (χ3v) is 3.13. The molecule has 3 N–H and O–H groups in total. The monoisotopic (exact) mass is 345 g/mol. The van der Waals surface area contributed by atoms with Gasteiger partial charge < -0.3 is 11.1 Å². The summed E-state index contributed by atoms with van der Waals surface area (Å²) in [4.78, 5) is 3.86. The van der Waals surface area contributed by atoms with E-state index >= 15 is 0 Å². The summed E-state index contributed by atoms with van der Waals surface area (Å²) in [5, 5.41) is 2.85. The first-order valence-corrected chi connectivity index (χ1v) is 6.43. The van der Waals surface area contributed by atoms with Crippen LogP contribution in [-0.2, 0) is 6.18 Å². The van der Waals surface area contributed by atoms with E-state index in [1.807, 2.05) is 19.1 Å². The van der Waals surface area contributed by atoms with Crippen molar-refractivity contribution in [3.63, 3.8) is 0 Å². The summed E-state index contributed by atoms with van der Waals surface area (Å²) in [5.74, 6) is -0.131. The number of rotatable bonds is 2. The number of nitrogens with zero attached hydrogens (tertiary/aromatic N) is 1. The highest BCUT2D eigenvalue weighted by molar-refractivity contribution is 9.10. The SMILES string of the molecule is Cc1ccc(Br)cc1Nc1cc(C(F)(F)F)cc(N)n1. The summed E-state index contributed by atoms with van der Waals surface area (Å²) in [6, 6.07) is 7.17. The zero-order chi connectivity index (χ0) is 14.9. The Balaban J connectivity index is 2.39. The maximum atomic E-state index is 12.7. The van der Waals surface area contributed by atoms with Crippen molar-refractivity contribution in [2.24, 2.45) is 0 Å². The molecular formula is C13H11BrF3N3. The van der Waals surface area contributed by atoms with Gasteiger partial charge in [0.1, 0.15) is 11.6 Å². The van der Waals surface area contributed by atoms with E-state index in [4.69, 9.17) is 5.73 Å². The van der Waals surface area contributed by atoms with E-state index in [9.17, 15) is 13.2 Å². The van der Waals surface area contributed by atoms with Gasteiger partial charge in [0.25, 0.3) is 0 Å². The largest absolute Gasteiger partial charge is 0.416 e. The van der Waals surface area contributed by atoms with Crippen LogP contribution in [0.2, 0.25) is 0 Å². The molecule has 0 aliphatic rings. The van der Waals surface area contributed by atoms with Crippen molar-refractivity contribution in [2.75, 3.05) is 11.1 Å². The number of nitrogen functional groups attached to an aromatic ring is 1. The molecule has 7 heteroatoms. The third-order valence-electron chi connectivity index (χ3n) is 2.63. The summed E-state index contributed by atoms with van der Waals surface area (Å²) in [6.45, 7) is 1.84. The lowest BCUT2D eigenvalue weighted by molar-refractivity contribution is -0.137. The van der Waals surface area contributed by atoms with E-state index in [0.717, 1.165) is 22.2 Å². The Labute approximate surface area is 122 Å². The van der Waals surface area contributed by atoms with Gasteiger partial charge in [-0.25, -0.2) is 4.98 Å². The normalized spacial score (nSPS) is 11.4. The van der Waals surface area contributed by atoms with E-state index in [-0.39, 0.29) is 11.6 Å². The maximum Gasteiger partial charge on any atom is 0.416 e. The smallest absolute Gasteiger partial charge is 0.384 e. The molecule has 2 rings (SSSR count). The van der Waals surface area contributed by atoms with Gasteiger partial charge in [0, 0.05) is 10.2 Å². The molecule has 20 heavy (non-hydrogen) atoms. The fourth-order valence-corrected chi connectivity index (χ4v) is 2.01. The van der Waals surface area contributed by atoms with Crippen LogP contribution in [0.5, 0.6) is 0 Å². The first kappa shape index (κ1) is 14.6. The van der Waals surface area contributed by atoms with Crippen LogP contribution < -0.4 is 11.1 Å². The Morgan fingerprint density at radius 1 is 1.20 bits per heavy atom. The van der Waals surface area contributed by atoms with Crippen molar-refractivity contribution in [3.05, 3.63) is 45.9 Å². The molecule has 1 aromatic heterocycles. The average molecular weight is 346 g/mol. The standard InChI is InChI=1S/C13H11BrF3N3/c1-7-2-3-9(14)6-10(7)19-12-5-8(13(15,16)17)4-11(18)20-12/h2-6H,1H3,(H3,18,19,20). The Morgan fingerprint density at radius 2 is 1.90 bits per heavy atom. The molecule has 0 radical (unpaired) electrons. The van der Waals surface area contributed by atoms with E-state index in [0.29, 0.717) is 5.69 Å². The minimum atomic E-state index is -4.46. The molecule has 3 nitrogen and oxygen atoms in total. The highest BCUT2D eigenvalue weighted by Crippen LogP contribution is 2.32. The molecule has 0 saturated heterocycles. The Morgan fingerprint density at radius 3 is 2.55 bits per heavy atom. The van der Waals surface area contributed by atoms with Crippen molar-refractivity contribution in [3.8, 4) is 0 Å². The quantitative estimate of drug-likeness (QED) is 0.842. The number of hydrogen-bond donors (Lipinski definition) is 2. The zero-order valence-electron chi connectivity index (χ0n) is 10.4. The predicted octanol–water partition coefficient (Wildman–Crippen LogP) is 4.50. The maximum absolute atomic E-state index is 12.7. The van der Waals surface area contributed by atoms with Gasteiger partial charge in [-0.1, -0.05) is 22.0 Å². The van der Waals surface area contributed by atoms with Crippen LogP contribution >= 0.6 is 15.9 Å². The van der Waals surface area contributed by atoms with Gasteiger partial charge in [0.15, 0.2) is 0 Å². The first-order chi connectivity index (χ1) is 9.25. The van der Waals surface area contributed by atoms with Crippen molar-refractivity contribution < 1.29 is 13.2 Å². The summed E-state index contributed by atoms with van der Waals surface area (Å²) in [6.07, 6.45) is -4.46. The molecule has 106 valence electrons. The number of anilines is 3. The number of pyridine rings is 1. The van der Waals surface area contributed by atoms with Gasteiger partial charge in [-0.3, -0.25) is 0 Å². The highest BCUT2D eigenvalue weighted by atomic mass is 79.9. The zero-order valence-corrected chi connectivity index (χ0v) is 12.0. The van der Waals surface area contributed by atoms with Gasteiger partial charge in [-0.05, 0) is 36.8 Å². The Hall–Kier alpha value is -1.76. The number of hydrogen-bond acceptors (Lipinski definition) is 3. The summed E-state index contributed by atoms with van der Waals surface area (Å²) < 4.78 is 38.9. The van der Waals surface area contributed by atoms with Gasteiger partial charge in [-0.2, -0.15) is 13.2 Å². The van der Waals surface area contributed by atoms with Crippen LogP contribution in [0.25, 0.3) is 0 Å². The van der Waals surface area contributed by atoms with Crippen molar-refractivity contribution in [1.29, 1.82) is 0 Å². The van der Waals surface area contributed by atoms with Crippen LogP contribution in [0.3, 0.4) is 0 Å². The molecule has 0 amide bonds. The van der Waals surface area contributed by atoms with E-state index < -0.39 is 11.7 Å². The second-order valence-corrected chi connectivity index (χ2v) is 5.16. The predicted molar refractivity (Wildman–Crippen MR) is 75.8 cm³/mol. The number of nitrogens with one attached hydrogen (secondary N) is 1. The van der Waals surface area contributed by atoms with E-state index in [1.54, 1.807) is 6.07 Å². The Kier molecular flexibility index (Phi) is 3.89. The molecule has 0 atom stereocenters. The number of aromatic nitrogens is 1. The average Bonchev–Trinajstić information content (AvgIpc) is 2.32. The minimum Gasteiger partial charge on any atom is -0.384 e. The molecule has 0 bridgehead atoms. The lowest BCUT2D eigenvalue weighted by Gasteiger charge is -2.13. The van der Waals surface area contributed by atoms with Crippen molar-refractivity contribution in [1.82, 2.24) is 4.98 Å². The van der Waals surface area contributed by atoms with Crippen LogP contribution in [0.1, 0.15) is 11.1 Å². The number of halogens is 4. The van der Waals surface area contributed by atoms with Crippen LogP contribution in [0, 0.1) is 6.92 Å². The second kappa shape index (κ2) is 5.32. The van der Waals surface area contributed by atoms with Crippen LogP contribution in [0.15, 0.2) is 34.8 Å². The van der Waals surface area contributed by atoms with E-state index in [1.165, 1.54) is 0 Å². The van der Waals surface area contributed by atoms with Gasteiger partial charge in [0.05, 0.1) is 5.56 Å². The van der Waals surface area contributed by atoms with Crippen LogP contribution in [0.4, 0.5) is 30.5 Å². The molecule has 2 aromatic rings. The molecule has 0 aliphatic carbocycles. The summed E-state index contributed by atoms with van der Waals surface area (Å²) in [7, 11) is 0. The molecule has 1 aromatic carbocycles. The molecule has 1 heterocycles. The highest BCUT2D eigenvalue weighted by Gasteiger charge is 2.31. The van der Waals surface area contributed by atoms with Gasteiger partial charge in [-0.15, -0.1) is 0 Å². The fraction of sp³-hybridized carbons (Fsp3) is 0.154. The molecule has 0 saturated carbocycles. The Bertz CT molecular complexity index is 641. The number of benzene rings is 1. The lowest BCUT2D eigenvalue weighted by atomic mass is 10.2. The van der Waals surface area contributed by atoms with Crippen LogP contribution in [-0.4, -0.2) is 4.98 Å². The molecule has 0 spiro atoms. The minimum absolute atomic E-state index is 0.0542. The van der Waals surface area contributed by atoms with Crippen molar-refractivity contribution >= 4 is 33.3 Å². The third kappa shape index (κ3) is 3.41. The van der Waals surface area contributed by atoms with Crippen molar-refractivity contribution in [2.45, 2.75) is 13.1 Å². The number of nitrogens with two attached hydrogens (primary N) is 1. The summed E-state index contributed by atoms with van der Waals surface area (Å²) >= 11 is 3.31. The topological polar surface area (TPSA) is 50.9 Å².